The number of nitrogens with one attached hydrogen (secondary N) is 1. The molecule has 1 N–H and O–H groups in total. The first-order valence-electron chi connectivity index (χ1n) is 4.85. The Labute approximate surface area is 74.7 Å². The number of likely N-dealkylation sites (tertiary alicyclic amines) is 1. The molecule has 2 saturated heterocycles. The maximum atomic E-state index is 3.39. The van der Waals surface area contributed by atoms with Gasteiger partial charge in [0, 0.05) is 44.8 Å². The Balaban J connectivity index is 1.90. The van der Waals surface area contributed by atoms with Gasteiger partial charge < -0.3 is 10.2 Å². The number of hydrogen-bond donors (Lipinski definition) is 1. The van der Waals surface area contributed by atoms with Crippen LogP contribution in [0.5, 0.6) is 0 Å². The molecule has 70 valence electrons. The summed E-state index contributed by atoms with van der Waals surface area (Å²) in [7, 11) is 2.20. The van der Waals surface area contributed by atoms with E-state index >= 15 is 0 Å². The molecular formula is C9H19N3. The van der Waals surface area contributed by atoms with E-state index < -0.39 is 0 Å². The number of likely N-dealkylation sites (N-methyl/N-ethyl adjacent to an activating group) is 1. The van der Waals surface area contributed by atoms with E-state index in [1.54, 1.807) is 0 Å². The van der Waals surface area contributed by atoms with E-state index in [2.05, 4.69) is 29.1 Å². The highest BCUT2D eigenvalue weighted by molar-refractivity contribution is 5.00. The second kappa shape index (κ2) is 2.98. The van der Waals surface area contributed by atoms with Gasteiger partial charge in [-0.15, -0.1) is 0 Å². The molecule has 2 heterocycles. The standard InChI is InChI=1S/C9H19N3/c1-9(7-11(2)8-9)12-5-3-10-4-6-12/h10H,3-8H2,1-2H3. The van der Waals surface area contributed by atoms with E-state index in [4.69, 9.17) is 0 Å². The quantitative estimate of drug-likeness (QED) is 0.576. The SMILES string of the molecule is CN1CC(C)(N2CCNCC2)C1. The van der Waals surface area contributed by atoms with E-state index in [0.29, 0.717) is 5.54 Å². The highest BCUT2D eigenvalue weighted by Crippen LogP contribution is 2.25. The first-order chi connectivity index (χ1) is 5.71. The minimum Gasteiger partial charge on any atom is -0.314 e. The second-order valence-corrected chi connectivity index (χ2v) is 4.41. The van der Waals surface area contributed by atoms with Crippen molar-refractivity contribution in [1.82, 2.24) is 15.1 Å². The van der Waals surface area contributed by atoms with Crippen molar-refractivity contribution in [3.8, 4) is 0 Å². The van der Waals surface area contributed by atoms with E-state index in [1.807, 2.05) is 0 Å². The van der Waals surface area contributed by atoms with Gasteiger partial charge in [-0.25, -0.2) is 0 Å². The highest BCUT2D eigenvalue weighted by atomic mass is 15.4. The predicted octanol–water partition coefficient (Wildman–Crippen LogP) is -0.404. The van der Waals surface area contributed by atoms with Gasteiger partial charge in [-0.05, 0) is 14.0 Å². The van der Waals surface area contributed by atoms with Gasteiger partial charge in [0.15, 0.2) is 0 Å². The molecule has 0 atom stereocenters. The van der Waals surface area contributed by atoms with Crippen LogP contribution in [0.4, 0.5) is 0 Å². The van der Waals surface area contributed by atoms with Gasteiger partial charge in [0.1, 0.15) is 0 Å². The summed E-state index contributed by atoms with van der Waals surface area (Å²) in [6.45, 7) is 9.66. The third kappa shape index (κ3) is 1.37. The fourth-order valence-electron chi connectivity index (χ4n) is 2.52. The summed E-state index contributed by atoms with van der Waals surface area (Å²) in [5.41, 5.74) is 0.483. The Bertz CT molecular complexity index is 157. The monoisotopic (exact) mass is 169 g/mol. The number of nitrogens with zero attached hydrogens (tertiary/aromatic N) is 2. The molecule has 0 saturated carbocycles. The van der Waals surface area contributed by atoms with Gasteiger partial charge in [0.2, 0.25) is 0 Å². The van der Waals surface area contributed by atoms with Crippen molar-refractivity contribution in [3.05, 3.63) is 0 Å². The van der Waals surface area contributed by atoms with Crippen LogP contribution in [0.1, 0.15) is 6.92 Å². The van der Waals surface area contributed by atoms with Gasteiger partial charge in [0.25, 0.3) is 0 Å². The molecule has 0 amide bonds. The second-order valence-electron chi connectivity index (χ2n) is 4.41. The molecule has 0 aromatic heterocycles. The minimum absolute atomic E-state index is 0.483. The van der Waals surface area contributed by atoms with Gasteiger partial charge in [0.05, 0.1) is 0 Å². The van der Waals surface area contributed by atoms with Crippen molar-refractivity contribution in [2.45, 2.75) is 12.5 Å². The molecule has 3 heteroatoms. The van der Waals surface area contributed by atoms with E-state index in [-0.39, 0.29) is 0 Å². The van der Waals surface area contributed by atoms with Crippen molar-refractivity contribution >= 4 is 0 Å². The molecule has 12 heavy (non-hydrogen) atoms. The third-order valence-corrected chi connectivity index (χ3v) is 3.10. The smallest absolute Gasteiger partial charge is 0.0435 e. The van der Waals surface area contributed by atoms with Gasteiger partial charge in [-0.3, -0.25) is 4.90 Å². The minimum atomic E-state index is 0.483. The largest absolute Gasteiger partial charge is 0.314 e. The van der Waals surface area contributed by atoms with Gasteiger partial charge >= 0.3 is 0 Å². The van der Waals surface area contributed by atoms with E-state index in [0.717, 1.165) is 0 Å². The average molecular weight is 169 g/mol. The maximum Gasteiger partial charge on any atom is 0.0435 e. The van der Waals surface area contributed by atoms with E-state index in [9.17, 15) is 0 Å². The summed E-state index contributed by atoms with van der Waals surface area (Å²) >= 11 is 0. The van der Waals surface area contributed by atoms with Crippen molar-refractivity contribution in [3.63, 3.8) is 0 Å². The lowest BCUT2D eigenvalue weighted by Crippen LogP contribution is -2.69. The fraction of sp³-hybridized carbons (Fsp3) is 1.00. The molecule has 2 aliphatic rings. The number of piperazine rings is 1. The molecule has 0 bridgehead atoms. The first kappa shape index (κ1) is 8.48. The van der Waals surface area contributed by atoms with Crippen LogP contribution in [-0.2, 0) is 0 Å². The molecule has 0 aromatic rings. The Morgan fingerprint density at radius 1 is 1.17 bits per heavy atom. The van der Waals surface area contributed by atoms with Gasteiger partial charge in [-0.1, -0.05) is 0 Å². The molecule has 3 nitrogen and oxygen atoms in total. The summed E-state index contributed by atoms with van der Waals surface area (Å²) in [6, 6.07) is 0. The molecule has 2 rings (SSSR count). The van der Waals surface area contributed by atoms with Crippen LogP contribution in [0.2, 0.25) is 0 Å². The van der Waals surface area contributed by atoms with Crippen LogP contribution in [0.25, 0.3) is 0 Å². The zero-order valence-electron chi connectivity index (χ0n) is 8.14. The average Bonchev–Trinajstić information content (AvgIpc) is 2.04. The summed E-state index contributed by atoms with van der Waals surface area (Å²) in [6.07, 6.45) is 0. The maximum absolute atomic E-state index is 3.39. The zero-order chi connectivity index (χ0) is 8.60. The molecule has 0 spiro atoms. The van der Waals surface area contributed by atoms with Crippen LogP contribution in [0, 0.1) is 0 Å². The molecule has 0 aliphatic carbocycles. The molecular weight excluding hydrogens is 150 g/mol. The summed E-state index contributed by atoms with van der Waals surface area (Å²) in [5.74, 6) is 0. The van der Waals surface area contributed by atoms with Crippen LogP contribution in [0.15, 0.2) is 0 Å². The summed E-state index contributed by atoms with van der Waals surface area (Å²) < 4.78 is 0. The molecule has 2 aliphatic heterocycles. The molecule has 0 aromatic carbocycles. The summed E-state index contributed by atoms with van der Waals surface area (Å²) in [5, 5.41) is 3.39. The normalized spacial score (nSPS) is 31.5. The van der Waals surface area contributed by atoms with Crippen LogP contribution >= 0.6 is 0 Å². The van der Waals surface area contributed by atoms with Crippen LogP contribution < -0.4 is 5.32 Å². The Morgan fingerprint density at radius 3 is 2.25 bits per heavy atom. The molecule has 0 radical (unpaired) electrons. The molecule has 2 fully saturated rings. The highest BCUT2D eigenvalue weighted by Gasteiger charge is 2.41. The van der Waals surface area contributed by atoms with Crippen molar-refractivity contribution in [2.75, 3.05) is 46.3 Å². The third-order valence-electron chi connectivity index (χ3n) is 3.10. The summed E-state index contributed by atoms with van der Waals surface area (Å²) in [4.78, 5) is 5.02. The van der Waals surface area contributed by atoms with Crippen molar-refractivity contribution in [2.24, 2.45) is 0 Å². The van der Waals surface area contributed by atoms with Crippen molar-refractivity contribution in [1.29, 1.82) is 0 Å². The molecule has 0 unspecified atom stereocenters. The lowest BCUT2D eigenvalue weighted by atomic mass is 9.90. The van der Waals surface area contributed by atoms with Crippen LogP contribution in [-0.4, -0.2) is 61.7 Å². The topological polar surface area (TPSA) is 18.5 Å². The Kier molecular flexibility index (Phi) is 2.10. The Morgan fingerprint density at radius 2 is 1.75 bits per heavy atom. The number of hydrogen-bond acceptors (Lipinski definition) is 3. The van der Waals surface area contributed by atoms with Gasteiger partial charge in [-0.2, -0.15) is 0 Å². The fourth-order valence-corrected chi connectivity index (χ4v) is 2.52. The lowest BCUT2D eigenvalue weighted by Gasteiger charge is -2.54. The Hall–Kier alpha value is -0.120. The lowest BCUT2D eigenvalue weighted by molar-refractivity contribution is -0.0341. The zero-order valence-corrected chi connectivity index (χ0v) is 8.14. The number of rotatable bonds is 1. The van der Waals surface area contributed by atoms with Crippen molar-refractivity contribution < 1.29 is 0 Å². The predicted molar refractivity (Wildman–Crippen MR) is 50.3 cm³/mol. The first-order valence-corrected chi connectivity index (χ1v) is 4.85. The van der Waals surface area contributed by atoms with E-state index in [1.165, 1.54) is 39.3 Å². The van der Waals surface area contributed by atoms with Crippen LogP contribution in [0.3, 0.4) is 0 Å².